The molecular weight excluding hydrogens is 330 g/mol. The van der Waals surface area contributed by atoms with Gasteiger partial charge in [0.25, 0.3) is 5.91 Å². The summed E-state index contributed by atoms with van der Waals surface area (Å²) in [4.78, 5) is 34.7. The van der Waals surface area contributed by atoms with Crippen LogP contribution >= 0.6 is 0 Å². The first-order valence-electron chi connectivity index (χ1n) is 8.32. The molecule has 6 heteroatoms. The second-order valence-electron chi connectivity index (χ2n) is 6.55. The maximum Gasteiger partial charge on any atom is 0.335 e. The fourth-order valence-electron chi connectivity index (χ4n) is 3.22. The molecule has 0 bridgehead atoms. The molecule has 1 aromatic heterocycles. The van der Waals surface area contributed by atoms with Gasteiger partial charge in [0.1, 0.15) is 0 Å². The number of carboxylic acid groups (broad SMARTS) is 1. The van der Waals surface area contributed by atoms with Crippen LogP contribution in [0, 0.1) is 13.8 Å². The lowest BCUT2D eigenvalue weighted by Crippen LogP contribution is -2.25. The average molecular weight is 347 g/mol. The van der Waals surface area contributed by atoms with E-state index in [1.807, 2.05) is 19.9 Å². The Labute approximate surface area is 150 Å². The molecule has 130 valence electrons. The molecule has 1 aliphatic heterocycles. The second-order valence-corrected chi connectivity index (χ2v) is 6.55. The molecule has 1 N–H and O–H groups in total. The number of carbonyl (C=O) groups excluding carboxylic acids is 1. The van der Waals surface area contributed by atoms with E-state index in [1.165, 1.54) is 0 Å². The van der Waals surface area contributed by atoms with E-state index in [-0.39, 0.29) is 11.5 Å². The van der Waals surface area contributed by atoms with Gasteiger partial charge in [0.15, 0.2) is 0 Å². The number of hydrogen-bond acceptors (Lipinski definition) is 4. The minimum Gasteiger partial charge on any atom is -0.478 e. The fourth-order valence-corrected chi connectivity index (χ4v) is 3.22. The van der Waals surface area contributed by atoms with Crippen LogP contribution in [-0.2, 0) is 13.1 Å². The summed E-state index contributed by atoms with van der Waals surface area (Å²) in [5.41, 5.74) is 5.84. The quantitative estimate of drug-likeness (QED) is 0.770. The summed E-state index contributed by atoms with van der Waals surface area (Å²) >= 11 is 0. The number of rotatable bonds is 2. The molecule has 4 rings (SSSR count). The first kappa shape index (κ1) is 16.2. The molecule has 6 nitrogen and oxygen atoms in total. The van der Waals surface area contributed by atoms with E-state index in [1.54, 1.807) is 35.2 Å². The number of amides is 1. The van der Waals surface area contributed by atoms with Crippen molar-refractivity contribution in [1.29, 1.82) is 0 Å². The van der Waals surface area contributed by atoms with Gasteiger partial charge in [-0.1, -0.05) is 6.07 Å². The van der Waals surface area contributed by atoms with Crippen molar-refractivity contribution in [3.8, 4) is 0 Å². The van der Waals surface area contributed by atoms with Crippen molar-refractivity contribution in [2.24, 2.45) is 0 Å². The van der Waals surface area contributed by atoms with E-state index in [0.717, 1.165) is 28.0 Å². The Morgan fingerprint density at radius 3 is 2.27 bits per heavy atom. The Morgan fingerprint density at radius 2 is 1.54 bits per heavy atom. The van der Waals surface area contributed by atoms with Crippen molar-refractivity contribution >= 4 is 22.9 Å². The summed E-state index contributed by atoms with van der Waals surface area (Å²) in [5, 5.41) is 9.12. The zero-order valence-corrected chi connectivity index (χ0v) is 14.5. The summed E-state index contributed by atoms with van der Waals surface area (Å²) in [6.07, 6.45) is 0. The molecule has 2 heterocycles. The topological polar surface area (TPSA) is 83.4 Å². The van der Waals surface area contributed by atoms with Crippen molar-refractivity contribution in [2.45, 2.75) is 26.9 Å². The smallest absolute Gasteiger partial charge is 0.335 e. The minimum atomic E-state index is -0.962. The van der Waals surface area contributed by atoms with Crippen molar-refractivity contribution in [2.75, 3.05) is 0 Å². The van der Waals surface area contributed by atoms with Crippen LogP contribution in [0.25, 0.3) is 11.0 Å². The van der Waals surface area contributed by atoms with Gasteiger partial charge < -0.3 is 10.0 Å². The lowest BCUT2D eigenvalue weighted by Gasteiger charge is -2.15. The third kappa shape index (κ3) is 2.69. The lowest BCUT2D eigenvalue weighted by molar-refractivity contribution is 0.0696. The largest absolute Gasteiger partial charge is 0.478 e. The SMILES string of the molecule is Cc1nc2ccc(C(=O)N3Cc4ccc(C(=O)O)cc4C3)cc2nc1C. The number of aromatic carboxylic acids is 1. The third-order valence-corrected chi connectivity index (χ3v) is 4.79. The highest BCUT2D eigenvalue weighted by Crippen LogP contribution is 2.26. The monoisotopic (exact) mass is 347 g/mol. The zero-order valence-electron chi connectivity index (χ0n) is 14.5. The number of nitrogens with zero attached hydrogens (tertiary/aromatic N) is 3. The van der Waals surface area contributed by atoms with Crippen LogP contribution in [0.4, 0.5) is 0 Å². The Morgan fingerprint density at radius 1 is 0.885 bits per heavy atom. The zero-order chi connectivity index (χ0) is 18.4. The van der Waals surface area contributed by atoms with Crippen LogP contribution in [0.5, 0.6) is 0 Å². The van der Waals surface area contributed by atoms with Crippen molar-refractivity contribution < 1.29 is 14.7 Å². The van der Waals surface area contributed by atoms with Gasteiger partial charge >= 0.3 is 5.97 Å². The second kappa shape index (κ2) is 5.91. The van der Waals surface area contributed by atoms with Gasteiger partial charge in [-0.05, 0) is 55.3 Å². The lowest BCUT2D eigenvalue weighted by atomic mass is 10.1. The number of benzene rings is 2. The minimum absolute atomic E-state index is 0.0972. The normalized spacial score (nSPS) is 13.1. The fraction of sp³-hybridized carbons (Fsp3) is 0.200. The van der Waals surface area contributed by atoms with Crippen LogP contribution in [0.1, 0.15) is 43.2 Å². The van der Waals surface area contributed by atoms with Gasteiger partial charge in [-0.25, -0.2) is 14.8 Å². The molecule has 0 radical (unpaired) electrons. The molecule has 0 aliphatic carbocycles. The van der Waals surface area contributed by atoms with Gasteiger partial charge in [-0.3, -0.25) is 4.79 Å². The van der Waals surface area contributed by atoms with Gasteiger partial charge in [-0.15, -0.1) is 0 Å². The van der Waals surface area contributed by atoms with Gasteiger partial charge in [-0.2, -0.15) is 0 Å². The van der Waals surface area contributed by atoms with Crippen molar-refractivity contribution in [3.05, 3.63) is 70.0 Å². The maximum atomic E-state index is 12.9. The summed E-state index contributed by atoms with van der Waals surface area (Å²) in [6, 6.07) is 10.3. The summed E-state index contributed by atoms with van der Waals surface area (Å²) in [5.74, 6) is -1.06. The molecule has 0 saturated carbocycles. The van der Waals surface area contributed by atoms with E-state index in [4.69, 9.17) is 5.11 Å². The summed E-state index contributed by atoms with van der Waals surface area (Å²) < 4.78 is 0. The third-order valence-electron chi connectivity index (χ3n) is 4.79. The van der Waals surface area contributed by atoms with Gasteiger partial charge in [0.05, 0.1) is 28.0 Å². The van der Waals surface area contributed by atoms with E-state index in [0.29, 0.717) is 24.2 Å². The van der Waals surface area contributed by atoms with Crippen LogP contribution in [0.15, 0.2) is 36.4 Å². The van der Waals surface area contributed by atoms with E-state index < -0.39 is 5.97 Å². The number of aryl methyl sites for hydroxylation is 2. The molecule has 1 aliphatic rings. The summed E-state index contributed by atoms with van der Waals surface area (Å²) in [7, 11) is 0. The standard InChI is InChI=1S/C20H17N3O3/c1-11-12(2)22-18-8-13(5-6-17(18)21-11)19(24)23-9-15-4-3-14(20(25)26)7-16(15)10-23/h3-8H,9-10H2,1-2H3,(H,25,26). The molecule has 1 amide bonds. The highest BCUT2D eigenvalue weighted by molar-refractivity contribution is 5.97. The number of fused-ring (bicyclic) bond motifs is 2. The van der Waals surface area contributed by atoms with Crippen LogP contribution < -0.4 is 0 Å². The van der Waals surface area contributed by atoms with Gasteiger partial charge in [0.2, 0.25) is 0 Å². The Bertz CT molecular complexity index is 1080. The predicted octanol–water partition coefficient (Wildman–Crippen LogP) is 3.10. The highest BCUT2D eigenvalue weighted by Gasteiger charge is 2.25. The molecule has 3 aromatic rings. The molecule has 0 atom stereocenters. The summed E-state index contributed by atoms with van der Waals surface area (Å²) in [6.45, 7) is 4.69. The number of aromatic nitrogens is 2. The maximum absolute atomic E-state index is 12.9. The average Bonchev–Trinajstić information content (AvgIpc) is 3.04. The number of carbonyl (C=O) groups is 2. The molecule has 26 heavy (non-hydrogen) atoms. The molecular formula is C20H17N3O3. The molecule has 0 unspecified atom stereocenters. The molecule has 0 fully saturated rings. The van der Waals surface area contributed by atoms with Crippen molar-refractivity contribution in [3.63, 3.8) is 0 Å². The predicted molar refractivity (Wildman–Crippen MR) is 96.0 cm³/mol. The van der Waals surface area contributed by atoms with Crippen LogP contribution in [0.3, 0.4) is 0 Å². The van der Waals surface area contributed by atoms with E-state index >= 15 is 0 Å². The number of carboxylic acids is 1. The Balaban J connectivity index is 1.63. The Kier molecular flexibility index (Phi) is 3.68. The van der Waals surface area contributed by atoms with Gasteiger partial charge in [0, 0.05) is 18.7 Å². The Hall–Kier alpha value is -3.28. The van der Waals surface area contributed by atoms with Crippen LogP contribution in [0.2, 0.25) is 0 Å². The van der Waals surface area contributed by atoms with Crippen LogP contribution in [-0.4, -0.2) is 31.9 Å². The first-order chi connectivity index (χ1) is 12.4. The molecule has 0 spiro atoms. The highest BCUT2D eigenvalue weighted by atomic mass is 16.4. The van der Waals surface area contributed by atoms with E-state index in [2.05, 4.69) is 9.97 Å². The van der Waals surface area contributed by atoms with E-state index in [9.17, 15) is 9.59 Å². The van der Waals surface area contributed by atoms with Crippen molar-refractivity contribution in [1.82, 2.24) is 14.9 Å². The first-order valence-corrected chi connectivity index (χ1v) is 8.32. The number of hydrogen-bond donors (Lipinski definition) is 1. The molecule has 0 saturated heterocycles. The molecule has 2 aromatic carbocycles.